The third-order valence-corrected chi connectivity index (χ3v) is 2.48. The Kier molecular flexibility index (Phi) is 7.23. The minimum absolute atomic E-state index is 0.216. The van der Waals surface area contributed by atoms with Gasteiger partial charge in [-0.2, -0.15) is 0 Å². The molecule has 13 heavy (non-hydrogen) atoms. The van der Waals surface area contributed by atoms with E-state index < -0.39 is 0 Å². The fraction of sp³-hybridized carbons (Fsp3) is 1.00. The van der Waals surface area contributed by atoms with Crippen molar-refractivity contribution >= 4 is 0 Å². The molecule has 3 heteroatoms. The highest BCUT2D eigenvalue weighted by molar-refractivity contribution is 4.66. The van der Waals surface area contributed by atoms with E-state index in [4.69, 9.17) is 4.74 Å². The van der Waals surface area contributed by atoms with Crippen LogP contribution in [0.5, 0.6) is 0 Å². The van der Waals surface area contributed by atoms with Crippen LogP contribution in [-0.4, -0.2) is 50.0 Å². The quantitative estimate of drug-likeness (QED) is 0.648. The molecule has 0 aromatic carbocycles. The Morgan fingerprint density at radius 2 is 2.08 bits per heavy atom. The molecular formula is C10H23NO2. The summed E-state index contributed by atoms with van der Waals surface area (Å²) >= 11 is 0. The maximum Gasteiger partial charge on any atom is 0.0692 e. The topological polar surface area (TPSA) is 32.7 Å². The van der Waals surface area contributed by atoms with Crippen LogP contribution in [0.4, 0.5) is 0 Å². The van der Waals surface area contributed by atoms with Gasteiger partial charge in [0.15, 0.2) is 0 Å². The zero-order valence-electron chi connectivity index (χ0n) is 9.29. The number of methoxy groups -OCH3 is 1. The van der Waals surface area contributed by atoms with E-state index in [0.717, 1.165) is 26.1 Å². The molecule has 0 aliphatic rings. The molecule has 3 nitrogen and oxygen atoms in total. The molecule has 0 fully saturated rings. The molecule has 0 heterocycles. The summed E-state index contributed by atoms with van der Waals surface area (Å²) in [6.45, 7) is 6.52. The summed E-state index contributed by atoms with van der Waals surface area (Å²) in [6, 6.07) is 0. The van der Waals surface area contributed by atoms with E-state index in [-0.39, 0.29) is 6.10 Å². The molecule has 0 saturated carbocycles. The van der Waals surface area contributed by atoms with Crippen LogP contribution in [0.3, 0.4) is 0 Å². The number of likely N-dealkylation sites (N-methyl/N-ethyl adjacent to an activating group) is 1. The van der Waals surface area contributed by atoms with Crippen molar-refractivity contribution in [3.05, 3.63) is 0 Å². The van der Waals surface area contributed by atoms with Gasteiger partial charge in [0.1, 0.15) is 0 Å². The summed E-state index contributed by atoms with van der Waals surface area (Å²) < 4.78 is 4.96. The molecule has 80 valence electrons. The number of aliphatic hydroxyl groups is 1. The minimum atomic E-state index is -0.216. The van der Waals surface area contributed by atoms with Gasteiger partial charge in [0, 0.05) is 20.2 Å². The summed E-state index contributed by atoms with van der Waals surface area (Å²) in [6.07, 6.45) is 0.811. The van der Waals surface area contributed by atoms with E-state index in [1.807, 2.05) is 7.05 Å². The molecule has 0 aromatic rings. The molecule has 1 N–H and O–H groups in total. The first kappa shape index (κ1) is 12.9. The SMILES string of the molecule is CCC(C)C(O)CN(C)CCOC. The molecule has 2 atom stereocenters. The fourth-order valence-corrected chi connectivity index (χ4v) is 1.11. The third-order valence-electron chi connectivity index (χ3n) is 2.48. The molecule has 0 amide bonds. The Morgan fingerprint density at radius 3 is 2.54 bits per heavy atom. The lowest BCUT2D eigenvalue weighted by Crippen LogP contribution is -2.34. The van der Waals surface area contributed by atoms with Gasteiger partial charge in [-0.15, -0.1) is 0 Å². The van der Waals surface area contributed by atoms with Crippen molar-refractivity contribution in [3.63, 3.8) is 0 Å². The second-order valence-electron chi connectivity index (χ2n) is 3.71. The molecule has 0 saturated heterocycles. The summed E-state index contributed by atoms with van der Waals surface area (Å²) in [7, 11) is 3.70. The van der Waals surface area contributed by atoms with E-state index in [9.17, 15) is 5.11 Å². The van der Waals surface area contributed by atoms with Gasteiger partial charge in [0.2, 0.25) is 0 Å². The van der Waals surface area contributed by atoms with Crippen molar-refractivity contribution in [1.29, 1.82) is 0 Å². The third kappa shape index (κ3) is 6.02. The minimum Gasteiger partial charge on any atom is -0.392 e. The molecule has 0 aromatic heterocycles. The van der Waals surface area contributed by atoms with Crippen LogP contribution in [-0.2, 0) is 4.74 Å². The van der Waals surface area contributed by atoms with Gasteiger partial charge in [-0.25, -0.2) is 0 Å². The standard InChI is InChI=1S/C10H23NO2/c1-5-9(2)10(12)8-11(3)6-7-13-4/h9-10,12H,5-8H2,1-4H3. The van der Waals surface area contributed by atoms with E-state index in [2.05, 4.69) is 18.7 Å². The van der Waals surface area contributed by atoms with E-state index in [0.29, 0.717) is 5.92 Å². The van der Waals surface area contributed by atoms with Crippen molar-refractivity contribution in [2.45, 2.75) is 26.4 Å². The van der Waals surface area contributed by atoms with Crippen LogP contribution in [0.15, 0.2) is 0 Å². The maximum absolute atomic E-state index is 9.70. The number of aliphatic hydroxyl groups excluding tert-OH is 1. The van der Waals surface area contributed by atoms with Crippen molar-refractivity contribution in [1.82, 2.24) is 4.90 Å². The second-order valence-corrected chi connectivity index (χ2v) is 3.71. The normalized spacial score (nSPS) is 16.2. The highest BCUT2D eigenvalue weighted by Gasteiger charge is 2.13. The lowest BCUT2D eigenvalue weighted by atomic mass is 10.0. The lowest BCUT2D eigenvalue weighted by molar-refractivity contribution is 0.0669. The van der Waals surface area contributed by atoms with Crippen molar-refractivity contribution in [2.24, 2.45) is 5.92 Å². The zero-order chi connectivity index (χ0) is 10.3. The Hall–Kier alpha value is -0.120. The predicted molar refractivity (Wildman–Crippen MR) is 54.8 cm³/mol. The van der Waals surface area contributed by atoms with Crippen molar-refractivity contribution in [3.8, 4) is 0 Å². The largest absolute Gasteiger partial charge is 0.392 e. The van der Waals surface area contributed by atoms with Crippen molar-refractivity contribution < 1.29 is 9.84 Å². The highest BCUT2D eigenvalue weighted by atomic mass is 16.5. The number of hydrogen-bond acceptors (Lipinski definition) is 3. The number of rotatable bonds is 7. The van der Waals surface area contributed by atoms with Gasteiger partial charge in [0.05, 0.1) is 12.7 Å². The Labute approximate surface area is 81.7 Å². The zero-order valence-corrected chi connectivity index (χ0v) is 9.29. The van der Waals surface area contributed by atoms with Crippen LogP contribution in [0.1, 0.15) is 20.3 Å². The molecule has 0 rings (SSSR count). The summed E-state index contributed by atoms with van der Waals surface area (Å²) in [5.41, 5.74) is 0. The summed E-state index contributed by atoms with van der Waals surface area (Å²) in [4.78, 5) is 2.10. The molecular weight excluding hydrogens is 166 g/mol. The van der Waals surface area contributed by atoms with Gasteiger partial charge in [0.25, 0.3) is 0 Å². The Balaban J connectivity index is 3.57. The molecule has 0 aliphatic carbocycles. The molecule has 2 unspecified atom stereocenters. The van der Waals surface area contributed by atoms with E-state index in [1.54, 1.807) is 7.11 Å². The van der Waals surface area contributed by atoms with Crippen LogP contribution in [0, 0.1) is 5.92 Å². The molecule has 0 spiro atoms. The molecule has 0 bridgehead atoms. The summed E-state index contributed by atoms with van der Waals surface area (Å²) in [5, 5.41) is 9.70. The van der Waals surface area contributed by atoms with Crippen LogP contribution in [0.25, 0.3) is 0 Å². The lowest BCUT2D eigenvalue weighted by Gasteiger charge is -2.23. The first-order chi connectivity index (χ1) is 6.11. The number of ether oxygens (including phenoxy) is 1. The fourth-order valence-electron chi connectivity index (χ4n) is 1.11. The van der Waals surface area contributed by atoms with Crippen molar-refractivity contribution in [2.75, 3.05) is 33.9 Å². The maximum atomic E-state index is 9.70. The van der Waals surface area contributed by atoms with Crippen LogP contribution in [0.2, 0.25) is 0 Å². The first-order valence-electron chi connectivity index (χ1n) is 4.97. The monoisotopic (exact) mass is 189 g/mol. The van der Waals surface area contributed by atoms with Gasteiger partial charge < -0.3 is 14.7 Å². The number of nitrogens with zero attached hydrogens (tertiary/aromatic N) is 1. The highest BCUT2D eigenvalue weighted by Crippen LogP contribution is 2.07. The van der Waals surface area contributed by atoms with Gasteiger partial charge >= 0.3 is 0 Å². The first-order valence-corrected chi connectivity index (χ1v) is 4.97. The van der Waals surface area contributed by atoms with E-state index in [1.165, 1.54) is 0 Å². The van der Waals surface area contributed by atoms with Crippen LogP contribution < -0.4 is 0 Å². The Bertz CT molecular complexity index is 119. The smallest absolute Gasteiger partial charge is 0.0692 e. The molecule has 0 aliphatic heterocycles. The Morgan fingerprint density at radius 1 is 1.46 bits per heavy atom. The van der Waals surface area contributed by atoms with Gasteiger partial charge in [-0.05, 0) is 13.0 Å². The second kappa shape index (κ2) is 7.30. The average molecular weight is 189 g/mol. The molecule has 0 radical (unpaired) electrons. The van der Waals surface area contributed by atoms with Crippen LogP contribution >= 0.6 is 0 Å². The summed E-state index contributed by atoms with van der Waals surface area (Å²) in [5.74, 6) is 0.380. The van der Waals surface area contributed by atoms with Gasteiger partial charge in [-0.1, -0.05) is 20.3 Å². The average Bonchev–Trinajstić information content (AvgIpc) is 2.13. The van der Waals surface area contributed by atoms with Gasteiger partial charge in [-0.3, -0.25) is 0 Å². The predicted octanol–water partition coefficient (Wildman–Crippen LogP) is 0.972. The number of hydrogen-bond donors (Lipinski definition) is 1. The van der Waals surface area contributed by atoms with E-state index >= 15 is 0 Å².